The van der Waals surface area contributed by atoms with Crippen molar-refractivity contribution in [3.63, 3.8) is 0 Å². The summed E-state index contributed by atoms with van der Waals surface area (Å²) in [6.07, 6.45) is 7.21. The maximum absolute atomic E-state index is 6.05. The summed E-state index contributed by atoms with van der Waals surface area (Å²) in [5.41, 5.74) is 6.05. The first-order chi connectivity index (χ1) is 9.86. The van der Waals surface area contributed by atoms with Crippen LogP contribution in [0, 0.1) is 5.92 Å². The van der Waals surface area contributed by atoms with E-state index in [9.17, 15) is 0 Å². The van der Waals surface area contributed by atoms with Crippen molar-refractivity contribution in [2.45, 2.75) is 38.5 Å². The lowest BCUT2D eigenvalue weighted by Crippen LogP contribution is -2.38. The van der Waals surface area contributed by atoms with E-state index in [4.69, 9.17) is 15.2 Å². The minimum absolute atomic E-state index is 0.598. The Labute approximate surface area is 122 Å². The van der Waals surface area contributed by atoms with Gasteiger partial charge in [-0.05, 0) is 25.7 Å². The molecule has 2 aliphatic heterocycles. The zero-order valence-corrected chi connectivity index (χ0v) is 12.6. The molecule has 0 radical (unpaired) electrons. The molecule has 5 heteroatoms. The quantitative estimate of drug-likeness (QED) is 0.457. The number of rotatable bonds is 6. The van der Waals surface area contributed by atoms with Gasteiger partial charge in [-0.25, -0.2) is 0 Å². The van der Waals surface area contributed by atoms with Crippen LogP contribution in [0.2, 0.25) is 0 Å². The summed E-state index contributed by atoms with van der Waals surface area (Å²) < 4.78 is 11.0. The van der Waals surface area contributed by atoms with Gasteiger partial charge in [0, 0.05) is 38.8 Å². The van der Waals surface area contributed by atoms with E-state index in [0.29, 0.717) is 5.92 Å². The molecule has 2 heterocycles. The summed E-state index contributed by atoms with van der Waals surface area (Å²) in [6.45, 7) is 6.24. The average Bonchev–Trinajstić information content (AvgIpc) is 2.82. The van der Waals surface area contributed by atoms with E-state index >= 15 is 0 Å². The standard InChI is InChI=1S/C15H29N3O2/c16-15(18-8-3-1-2-4-9-18)17-7-5-10-19-12-14-6-11-20-13-14/h14H,1-13H2,(H2,16,17)/t14-/m1/s1. The number of nitrogens with zero attached hydrogens (tertiary/aromatic N) is 2. The Balaban J connectivity index is 1.52. The van der Waals surface area contributed by atoms with Crippen molar-refractivity contribution >= 4 is 5.96 Å². The van der Waals surface area contributed by atoms with Crippen LogP contribution in [0.5, 0.6) is 0 Å². The third-order valence-corrected chi connectivity index (χ3v) is 4.03. The predicted octanol–water partition coefficient (Wildman–Crippen LogP) is 1.62. The normalized spacial score (nSPS) is 24.9. The molecule has 2 N–H and O–H groups in total. The molecule has 0 saturated carbocycles. The van der Waals surface area contributed by atoms with Gasteiger partial charge in [-0.3, -0.25) is 4.99 Å². The van der Waals surface area contributed by atoms with Crippen molar-refractivity contribution in [2.24, 2.45) is 16.6 Å². The smallest absolute Gasteiger partial charge is 0.191 e. The summed E-state index contributed by atoms with van der Waals surface area (Å²) in [5, 5.41) is 0. The molecule has 1 atom stereocenters. The Morgan fingerprint density at radius 3 is 2.75 bits per heavy atom. The van der Waals surface area contributed by atoms with Crippen molar-refractivity contribution in [1.82, 2.24) is 4.90 Å². The van der Waals surface area contributed by atoms with Crippen LogP contribution < -0.4 is 5.73 Å². The van der Waals surface area contributed by atoms with Gasteiger partial charge in [0.25, 0.3) is 0 Å². The number of hydrogen-bond donors (Lipinski definition) is 1. The molecule has 2 fully saturated rings. The fourth-order valence-electron chi connectivity index (χ4n) is 2.72. The van der Waals surface area contributed by atoms with Crippen LogP contribution in [0.1, 0.15) is 38.5 Å². The Kier molecular flexibility index (Phi) is 7.15. The fourth-order valence-corrected chi connectivity index (χ4v) is 2.72. The third kappa shape index (κ3) is 5.67. The molecule has 0 aromatic carbocycles. The summed E-state index contributed by atoms with van der Waals surface area (Å²) in [4.78, 5) is 6.70. The summed E-state index contributed by atoms with van der Waals surface area (Å²) in [5.74, 6) is 1.32. The maximum Gasteiger partial charge on any atom is 0.191 e. The van der Waals surface area contributed by atoms with E-state index in [1.165, 1.54) is 25.7 Å². The SMILES string of the molecule is NC(=NCCCOC[C@H]1CCOC1)N1CCCCCC1. The number of guanidine groups is 1. The maximum atomic E-state index is 6.05. The number of aliphatic imine (C=N–C) groups is 1. The van der Waals surface area contributed by atoms with Crippen LogP contribution in [0.3, 0.4) is 0 Å². The van der Waals surface area contributed by atoms with E-state index in [1.54, 1.807) is 0 Å². The highest BCUT2D eigenvalue weighted by molar-refractivity contribution is 5.78. The highest BCUT2D eigenvalue weighted by Gasteiger charge is 2.15. The van der Waals surface area contributed by atoms with Crippen molar-refractivity contribution in [2.75, 3.05) is 46.1 Å². The van der Waals surface area contributed by atoms with Crippen molar-refractivity contribution in [1.29, 1.82) is 0 Å². The highest BCUT2D eigenvalue weighted by atomic mass is 16.5. The van der Waals surface area contributed by atoms with E-state index in [0.717, 1.165) is 64.9 Å². The van der Waals surface area contributed by atoms with Gasteiger partial charge in [0.1, 0.15) is 0 Å². The van der Waals surface area contributed by atoms with Crippen molar-refractivity contribution < 1.29 is 9.47 Å². The molecule has 20 heavy (non-hydrogen) atoms. The van der Waals surface area contributed by atoms with Gasteiger partial charge >= 0.3 is 0 Å². The summed E-state index contributed by atoms with van der Waals surface area (Å²) in [7, 11) is 0. The molecule has 0 aromatic heterocycles. The molecule has 2 aliphatic rings. The second-order valence-electron chi connectivity index (χ2n) is 5.80. The zero-order chi connectivity index (χ0) is 14.0. The Bertz CT molecular complexity index is 283. The first-order valence-electron chi connectivity index (χ1n) is 8.06. The fraction of sp³-hybridized carbons (Fsp3) is 0.933. The molecule has 0 unspecified atom stereocenters. The second-order valence-corrected chi connectivity index (χ2v) is 5.80. The summed E-state index contributed by atoms with van der Waals surface area (Å²) in [6, 6.07) is 0. The first-order valence-corrected chi connectivity index (χ1v) is 8.06. The van der Waals surface area contributed by atoms with Gasteiger partial charge in [-0.1, -0.05) is 12.8 Å². The lowest BCUT2D eigenvalue weighted by molar-refractivity contribution is 0.0893. The number of likely N-dealkylation sites (tertiary alicyclic amines) is 1. The van der Waals surface area contributed by atoms with Crippen LogP contribution in [0.4, 0.5) is 0 Å². The van der Waals surface area contributed by atoms with Gasteiger partial charge < -0.3 is 20.1 Å². The van der Waals surface area contributed by atoms with Crippen LogP contribution in [0.25, 0.3) is 0 Å². The molecule has 5 nitrogen and oxygen atoms in total. The molecule has 0 bridgehead atoms. The van der Waals surface area contributed by atoms with Crippen molar-refractivity contribution in [3.05, 3.63) is 0 Å². The Morgan fingerprint density at radius 1 is 1.25 bits per heavy atom. The largest absolute Gasteiger partial charge is 0.381 e. The molecule has 116 valence electrons. The van der Waals surface area contributed by atoms with Gasteiger partial charge in [0.05, 0.1) is 13.2 Å². The van der Waals surface area contributed by atoms with Crippen LogP contribution in [-0.4, -0.2) is 56.9 Å². The highest BCUT2D eigenvalue weighted by Crippen LogP contribution is 2.12. The topological polar surface area (TPSA) is 60.1 Å². The Morgan fingerprint density at radius 2 is 2.05 bits per heavy atom. The van der Waals surface area contributed by atoms with Crippen LogP contribution >= 0.6 is 0 Å². The molecule has 0 aliphatic carbocycles. The first kappa shape index (κ1) is 15.6. The number of ether oxygens (including phenoxy) is 2. The third-order valence-electron chi connectivity index (χ3n) is 4.03. The molecule has 2 saturated heterocycles. The molecule has 0 aromatic rings. The lowest BCUT2D eigenvalue weighted by Gasteiger charge is -2.21. The zero-order valence-electron chi connectivity index (χ0n) is 12.6. The van der Waals surface area contributed by atoms with Crippen LogP contribution in [-0.2, 0) is 9.47 Å². The van der Waals surface area contributed by atoms with Gasteiger partial charge in [0.15, 0.2) is 5.96 Å². The van der Waals surface area contributed by atoms with Gasteiger partial charge in [-0.15, -0.1) is 0 Å². The lowest BCUT2D eigenvalue weighted by atomic mass is 10.1. The number of hydrogen-bond acceptors (Lipinski definition) is 3. The van der Waals surface area contributed by atoms with Gasteiger partial charge in [0.2, 0.25) is 0 Å². The molecule has 2 rings (SSSR count). The molecular formula is C15H29N3O2. The Hall–Kier alpha value is -0.810. The van der Waals surface area contributed by atoms with E-state index in [2.05, 4.69) is 9.89 Å². The molecular weight excluding hydrogens is 254 g/mol. The molecule has 0 spiro atoms. The summed E-state index contributed by atoms with van der Waals surface area (Å²) >= 11 is 0. The van der Waals surface area contributed by atoms with E-state index < -0.39 is 0 Å². The minimum atomic E-state index is 0.598. The van der Waals surface area contributed by atoms with E-state index in [-0.39, 0.29) is 0 Å². The second kappa shape index (κ2) is 9.19. The molecule has 0 amide bonds. The van der Waals surface area contributed by atoms with Gasteiger partial charge in [-0.2, -0.15) is 0 Å². The predicted molar refractivity (Wildman–Crippen MR) is 80.9 cm³/mol. The minimum Gasteiger partial charge on any atom is -0.381 e. The van der Waals surface area contributed by atoms with E-state index in [1.807, 2.05) is 0 Å². The van der Waals surface area contributed by atoms with Crippen molar-refractivity contribution in [3.8, 4) is 0 Å². The average molecular weight is 283 g/mol. The monoisotopic (exact) mass is 283 g/mol. The van der Waals surface area contributed by atoms with Crippen LogP contribution in [0.15, 0.2) is 4.99 Å². The number of nitrogens with two attached hydrogens (primary N) is 1.